The van der Waals surface area contributed by atoms with Gasteiger partial charge >= 0.3 is 0 Å². The van der Waals surface area contributed by atoms with Crippen LogP contribution in [0.25, 0.3) is 0 Å². The van der Waals surface area contributed by atoms with Crippen LogP contribution in [0.2, 0.25) is 10.0 Å². The van der Waals surface area contributed by atoms with E-state index in [9.17, 15) is 4.79 Å². The molecule has 5 heteroatoms. The van der Waals surface area contributed by atoms with Crippen molar-refractivity contribution in [2.24, 2.45) is 0 Å². The Kier molecular flexibility index (Phi) is 5.48. The first-order valence-corrected chi connectivity index (χ1v) is 7.17. The van der Waals surface area contributed by atoms with Gasteiger partial charge in [-0.1, -0.05) is 35.3 Å². The van der Waals surface area contributed by atoms with Crippen LogP contribution in [0.15, 0.2) is 48.5 Å². The van der Waals surface area contributed by atoms with Crippen LogP contribution in [0.1, 0.15) is 5.56 Å². The molecule has 0 heterocycles. The molecule has 3 nitrogen and oxygen atoms in total. The van der Waals surface area contributed by atoms with Crippen molar-refractivity contribution < 1.29 is 9.53 Å². The largest absolute Gasteiger partial charge is 0.484 e. The second-order valence-electron chi connectivity index (χ2n) is 4.62. The maximum atomic E-state index is 12.0. The molecule has 0 aliphatic carbocycles. The van der Waals surface area contributed by atoms with E-state index in [1.807, 2.05) is 12.1 Å². The molecule has 0 aliphatic rings. The zero-order valence-electron chi connectivity index (χ0n) is 11.6. The Hall–Kier alpha value is -1.71. The Morgan fingerprint density at radius 2 is 1.52 bits per heavy atom. The van der Waals surface area contributed by atoms with Crippen molar-refractivity contribution in [3.63, 3.8) is 0 Å². The lowest BCUT2D eigenvalue weighted by atomic mass is 10.2. The molecule has 0 saturated carbocycles. The summed E-state index contributed by atoms with van der Waals surface area (Å²) in [5, 5.41) is 1.31. The number of benzene rings is 2. The minimum atomic E-state index is -0.0973. The van der Waals surface area contributed by atoms with E-state index in [1.54, 1.807) is 48.3 Å². The molecule has 2 aromatic carbocycles. The quantitative estimate of drug-likeness (QED) is 0.831. The molecule has 0 unspecified atom stereocenters. The molecule has 1 amide bonds. The van der Waals surface area contributed by atoms with Crippen molar-refractivity contribution in [3.8, 4) is 5.75 Å². The fourth-order valence-corrected chi connectivity index (χ4v) is 1.99. The van der Waals surface area contributed by atoms with Crippen molar-refractivity contribution in [2.45, 2.75) is 6.54 Å². The fraction of sp³-hybridized carbons (Fsp3) is 0.188. The van der Waals surface area contributed by atoms with Gasteiger partial charge in [0, 0.05) is 23.6 Å². The Morgan fingerprint density at radius 1 is 1.00 bits per heavy atom. The summed E-state index contributed by atoms with van der Waals surface area (Å²) < 4.78 is 5.43. The van der Waals surface area contributed by atoms with E-state index >= 15 is 0 Å². The molecule has 21 heavy (non-hydrogen) atoms. The predicted octanol–water partition coefficient (Wildman–Crippen LogP) is 4.03. The van der Waals surface area contributed by atoms with E-state index in [1.165, 1.54) is 0 Å². The molecule has 0 spiro atoms. The molecule has 0 N–H and O–H groups in total. The van der Waals surface area contributed by atoms with Crippen molar-refractivity contribution in [2.75, 3.05) is 13.7 Å². The number of carbonyl (C=O) groups is 1. The minimum Gasteiger partial charge on any atom is -0.484 e. The molecule has 0 bridgehead atoms. The summed E-state index contributed by atoms with van der Waals surface area (Å²) in [7, 11) is 1.74. The van der Waals surface area contributed by atoms with Gasteiger partial charge in [-0.3, -0.25) is 4.79 Å². The van der Waals surface area contributed by atoms with Gasteiger partial charge in [0.2, 0.25) is 0 Å². The maximum absolute atomic E-state index is 12.0. The number of rotatable bonds is 5. The smallest absolute Gasteiger partial charge is 0.260 e. The minimum absolute atomic E-state index is 0.00821. The SMILES string of the molecule is CN(Cc1ccc(Cl)cc1)C(=O)COc1ccc(Cl)cc1. The number of hydrogen-bond acceptors (Lipinski definition) is 2. The molecule has 0 radical (unpaired) electrons. The predicted molar refractivity (Wildman–Crippen MR) is 84.9 cm³/mol. The third-order valence-electron chi connectivity index (χ3n) is 2.93. The van der Waals surface area contributed by atoms with Crippen molar-refractivity contribution in [3.05, 3.63) is 64.1 Å². The highest BCUT2D eigenvalue weighted by atomic mass is 35.5. The van der Waals surface area contributed by atoms with Gasteiger partial charge in [0.05, 0.1) is 0 Å². The van der Waals surface area contributed by atoms with Crippen LogP contribution in [0.3, 0.4) is 0 Å². The number of nitrogens with zero attached hydrogens (tertiary/aromatic N) is 1. The second-order valence-corrected chi connectivity index (χ2v) is 5.49. The normalized spacial score (nSPS) is 10.2. The summed E-state index contributed by atoms with van der Waals surface area (Å²) in [5.41, 5.74) is 1.02. The number of ether oxygens (including phenoxy) is 1. The van der Waals surface area contributed by atoms with Crippen LogP contribution in [0.4, 0.5) is 0 Å². The second kappa shape index (κ2) is 7.34. The Labute approximate surface area is 134 Å². The molecular weight excluding hydrogens is 309 g/mol. The van der Waals surface area contributed by atoms with Crippen LogP contribution in [0, 0.1) is 0 Å². The third kappa shape index (κ3) is 4.96. The summed E-state index contributed by atoms with van der Waals surface area (Å²) in [6, 6.07) is 14.3. The van der Waals surface area contributed by atoms with Crippen LogP contribution in [-0.2, 0) is 11.3 Å². The lowest BCUT2D eigenvalue weighted by Crippen LogP contribution is -2.30. The van der Waals surface area contributed by atoms with E-state index in [2.05, 4.69) is 0 Å². The average molecular weight is 324 g/mol. The Bertz CT molecular complexity index is 597. The Balaban J connectivity index is 1.84. The van der Waals surface area contributed by atoms with Gasteiger partial charge < -0.3 is 9.64 Å². The highest BCUT2D eigenvalue weighted by molar-refractivity contribution is 6.30. The third-order valence-corrected chi connectivity index (χ3v) is 3.44. The zero-order chi connectivity index (χ0) is 15.2. The van der Waals surface area contributed by atoms with Gasteiger partial charge in [-0.05, 0) is 42.0 Å². The van der Waals surface area contributed by atoms with Gasteiger partial charge in [0.25, 0.3) is 5.91 Å². The van der Waals surface area contributed by atoms with Crippen molar-refractivity contribution in [1.82, 2.24) is 4.90 Å². The summed E-state index contributed by atoms with van der Waals surface area (Å²) in [6.45, 7) is 0.506. The molecular formula is C16H15Cl2NO2. The Morgan fingerprint density at radius 3 is 2.10 bits per heavy atom. The van der Waals surface area contributed by atoms with E-state index in [0.717, 1.165) is 5.56 Å². The number of halogens is 2. The first-order chi connectivity index (χ1) is 10.0. The number of carbonyl (C=O) groups excluding carboxylic acids is 1. The van der Waals surface area contributed by atoms with Gasteiger partial charge in [-0.15, -0.1) is 0 Å². The molecule has 0 aromatic heterocycles. The summed E-state index contributed by atoms with van der Waals surface area (Å²) in [6.07, 6.45) is 0. The fourth-order valence-electron chi connectivity index (χ4n) is 1.74. The average Bonchev–Trinajstić information content (AvgIpc) is 2.48. The number of amides is 1. The highest BCUT2D eigenvalue weighted by Crippen LogP contribution is 2.16. The first-order valence-electron chi connectivity index (χ1n) is 6.41. The first kappa shape index (κ1) is 15.7. The maximum Gasteiger partial charge on any atom is 0.260 e. The van der Waals surface area contributed by atoms with Gasteiger partial charge in [-0.25, -0.2) is 0 Å². The van der Waals surface area contributed by atoms with E-state index in [0.29, 0.717) is 22.3 Å². The van der Waals surface area contributed by atoms with Gasteiger partial charge in [0.1, 0.15) is 5.75 Å². The highest BCUT2D eigenvalue weighted by Gasteiger charge is 2.10. The van der Waals surface area contributed by atoms with Gasteiger partial charge in [-0.2, -0.15) is 0 Å². The lowest BCUT2D eigenvalue weighted by Gasteiger charge is -2.17. The van der Waals surface area contributed by atoms with Crippen LogP contribution < -0.4 is 4.74 Å². The van der Waals surface area contributed by atoms with Gasteiger partial charge in [0.15, 0.2) is 6.61 Å². The molecule has 110 valence electrons. The van der Waals surface area contributed by atoms with E-state index in [-0.39, 0.29) is 12.5 Å². The number of likely N-dealkylation sites (N-methyl/N-ethyl adjacent to an activating group) is 1. The molecule has 0 fully saturated rings. The van der Waals surface area contributed by atoms with Crippen molar-refractivity contribution >= 4 is 29.1 Å². The van der Waals surface area contributed by atoms with Crippen LogP contribution in [0.5, 0.6) is 5.75 Å². The molecule has 2 aromatic rings. The number of hydrogen-bond donors (Lipinski definition) is 0. The summed E-state index contributed by atoms with van der Waals surface area (Å²) in [5.74, 6) is 0.521. The van der Waals surface area contributed by atoms with E-state index < -0.39 is 0 Å². The summed E-state index contributed by atoms with van der Waals surface area (Å²) in [4.78, 5) is 13.6. The lowest BCUT2D eigenvalue weighted by molar-refractivity contribution is -0.132. The molecule has 2 rings (SSSR count). The molecule has 0 atom stereocenters. The topological polar surface area (TPSA) is 29.5 Å². The summed E-state index contributed by atoms with van der Waals surface area (Å²) >= 11 is 11.6. The monoisotopic (exact) mass is 323 g/mol. The zero-order valence-corrected chi connectivity index (χ0v) is 13.1. The standard InChI is InChI=1S/C16H15Cl2NO2/c1-19(10-12-2-4-13(17)5-3-12)16(20)11-21-15-8-6-14(18)7-9-15/h2-9H,10-11H2,1H3. The van der Waals surface area contributed by atoms with Crippen molar-refractivity contribution in [1.29, 1.82) is 0 Å². The molecule has 0 aliphatic heterocycles. The van der Waals surface area contributed by atoms with E-state index in [4.69, 9.17) is 27.9 Å². The van der Waals surface area contributed by atoms with Crippen LogP contribution in [-0.4, -0.2) is 24.5 Å². The van der Waals surface area contributed by atoms with Crippen LogP contribution >= 0.6 is 23.2 Å². The molecule has 0 saturated heterocycles.